The normalized spacial score (nSPS) is 15.7. The molecule has 1 unspecified atom stereocenters. The number of carbonyl (C=O) groups excluding carboxylic acids is 2. The van der Waals surface area contributed by atoms with E-state index in [0.717, 1.165) is 10.0 Å². The van der Waals surface area contributed by atoms with E-state index in [9.17, 15) is 9.59 Å². The molecular formula is C19H14BrClO4. The Balaban J connectivity index is 1.92. The summed E-state index contributed by atoms with van der Waals surface area (Å²) in [6.07, 6.45) is 1.68. The van der Waals surface area contributed by atoms with E-state index >= 15 is 0 Å². The van der Waals surface area contributed by atoms with Crippen LogP contribution >= 0.6 is 27.5 Å². The summed E-state index contributed by atoms with van der Waals surface area (Å²) in [5, 5.41) is -0.761. The third kappa shape index (κ3) is 3.62. The maximum Gasteiger partial charge on any atom is 0.329 e. The van der Waals surface area contributed by atoms with Crippen molar-refractivity contribution in [1.82, 2.24) is 0 Å². The maximum absolute atomic E-state index is 12.5. The highest BCUT2D eigenvalue weighted by Crippen LogP contribution is 2.39. The number of allylic oxidation sites excluding steroid dienone is 1. The van der Waals surface area contributed by atoms with Gasteiger partial charge in [0.15, 0.2) is 5.76 Å². The summed E-state index contributed by atoms with van der Waals surface area (Å²) < 4.78 is 11.9. The molecule has 0 bridgehead atoms. The first kappa shape index (κ1) is 17.7. The second kappa shape index (κ2) is 7.02. The molecule has 0 radical (unpaired) electrons. The SMILES string of the molecule is Cc1c(OC(=O)C(C)Cl)ccc2c1O/C(=C\c1ccc(Br)cc1)C2=O. The van der Waals surface area contributed by atoms with Crippen LogP contribution in [0.1, 0.15) is 28.4 Å². The zero-order valence-electron chi connectivity index (χ0n) is 13.5. The topological polar surface area (TPSA) is 52.6 Å². The Morgan fingerprint density at radius 2 is 1.92 bits per heavy atom. The molecule has 6 heteroatoms. The fourth-order valence-electron chi connectivity index (χ4n) is 2.38. The third-order valence-electron chi connectivity index (χ3n) is 3.74. The highest BCUT2D eigenvalue weighted by Gasteiger charge is 2.30. The van der Waals surface area contributed by atoms with Crippen LogP contribution in [0.2, 0.25) is 0 Å². The Labute approximate surface area is 158 Å². The molecule has 0 N–H and O–H groups in total. The first-order chi connectivity index (χ1) is 11.9. The Morgan fingerprint density at radius 3 is 2.56 bits per heavy atom. The van der Waals surface area contributed by atoms with E-state index in [1.165, 1.54) is 6.92 Å². The molecule has 4 nitrogen and oxygen atoms in total. The smallest absolute Gasteiger partial charge is 0.329 e. The van der Waals surface area contributed by atoms with E-state index in [2.05, 4.69) is 15.9 Å². The lowest BCUT2D eigenvalue weighted by atomic mass is 10.1. The van der Waals surface area contributed by atoms with Crippen LogP contribution in [0.25, 0.3) is 6.08 Å². The summed E-state index contributed by atoms with van der Waals surface area (Å²) in [4.78, 5) is 24.2. The Kier molecular flexibility index (Phi) is 4.97. The van der Waals surface area contributed by atoms with Crippen LogP contribution in [0, 0.1) is 6.92 Å². The first-order valence-corrected chi connectivity index (χ1v) is 8.79. The molecular weight excluding hydrogens is 408 g/mol. The van der Waals surface area contributed by atoms with Gasteiger partial charge in [-0.25, -0.2) is 0 Å². The highest BCUT2D eigenvalue weighted by atomic mass is 79.9. The number of alkyl halides is 1. The molecule has 0 saturated carbocycles. The lowest BCUT2D eigenvalue weighted by molar-refractivity contribution is -0.133. The molecule has 2 aromatic rings. The van der Waals surface area contributed by atoms with Crippen molar-refractivity contribution in [2.45, 2.75) is 19.2 Å². The molecule has 0 aliphatic carbocycles. The molecule has 0 fully saturated rings. The zero-order chi connectivity index (χ0) is 18.1. The van der Waals surface area contributed by atoms with Gasteiger partial charge in [-0.1, -0.05) is 28.1 Å². The Hall–Kier alpha value is -2.11. The number of benzene rings is 2. The van der Waals surface area contributed by atoms with E-state index in [-0.39, 0.29) is 11.5 Å². The fraction of sp³-hybridized carbons (Fsp3) is 0.158. The average Bonchev–Trinajstić information content (AvgIpc) is 2.89. The number of esters is 1. The van der Waals surface area contributed by atoms with Gasteiger partial charge >= 0.3 is 5.97 Å². The van der Waals surface area contributed by atoms with Gasteiger partial charge < -0.3 is 9.47 Å². The van der Waals surface area contributed by atoms with E-state index < -0.39 is 11.3 Å². The van der Waals surface area contributed by atoms with Gasteiger partial charge in [0.1, 0.15) is 16.9 Å². The van der Waals surface area contributed by atoms with Gasteiger partial charge in [0.25, 0.3) is 0 Å². The summed E-state index contributed by atoms with van der Waals surface area (Å²) in [6.45, 7) is 3.27. The number of hydrogen-bond donors (Lipinski definition) is 0. The monoisotopic (exact) mass is 420 g/mol. The Bertz CT molecular complexity index is 885. The van der Waals surface area contributed by atoms with Crippen molar-refractivity contribution in [1.29, 1.82) is 0 Å². The molecule has 1 aliphatic rings. The molecule has 0 spiro atoms. The van der Waals surface area contributed by atoms with Crippen LogP contribution in [0.3, 0.4) is 0 Å². The van der Waals surface area contributed by atoms with Crippen molar-refractivity contribution in [3.05, 3.63) is 63.3 Å². The predicted molar refractivity (Wildman–Crippen MR) is 99.2 cm³/mol. The van der Waals surface area contributed by atoms with Crippen molar-refractivity contribution < 1.29 is 19.1 Å². The van der Waals surface area contributed by atoms with Crippen molar-refractivity contribution in [3.63, 3.8) is 0 Å². The number of Topliss-reactive ketones (excluding diaryl/α,β-unsaturated/α-hetero) is 1. The minimum atomic E-state index is -0.761. The van der Waals surface area contributed by atoms with Gasteiger partial charge in [-0.05, 0) is 49.8 Å². The first-order valence-electron chi connectivity index (χ1n) is 7.56. The van der Waals surface area contributed by atoms with Crippen LogP contribution < -0.4 is 9.47 Å². The van der Waals surface area contributed by atoms with E-state index in [4.69, 9.17) is 21.1 Å². The minimum absolute atomic E-state index is 0.204. The molecule has 0 saturated heterocycles. The second-order valence-electron chi connectivity index (χ2n) is 5.59. The summed E-state index contributed by atoms with van der Waals surface area (Å²) >= 11 is 9.09. The molecule has 1 heterocycles. The van der Waals surface area contributed by atoms with Crippen LogP contribution in [-0.2, 0) is 4.79 Å². The number of halogens is 2. The molecule has 1 aliphatic heterocycles. The van der Waals surface area contributed by atoms with Gasteiger partial charge in [-0.3, -0.25) is 9.59 Å². The van der Waals surface area contributed by atoms with Crippen molar-refractivity contribution in [3.8, 4) is 11.5 Å². The summed E-state index contributed by atoms with van der Waals surface area (Å²) in [5.74, 6) is 0.203. The predicted octanol–water partition coefficient (Wildman–Crippen LogP) is 4.91. The van der Waals surface area contributed by atoms with Gasteiger partial charge in [-0.15, -0.1) is 11.6 Å². The summed E-state index contributed by atoms with van der Waals surface area (Å²) in [6, 6.07) is 10.7. The highest BCUT2D eigenvalue weighted by molar-refractivity contribution is 9.10. The number of ketones is 1. The van der Waals surface area contributed by atoms with E-state index in [0.29, 0.717) is 22.6 Å². The van der Waals surface area contributed by atoms with Gasteiger partial charge in [-0.2, -0.15) is 0 Å². The molecule has 128 valence electrons. The molecule has 3 rings (SSSR count). The number of rotatable bonds is 3. The van der Waals surface area contributed by atoms with Crippen molar-refractivity contribution in [2.75, 3.05) is 0 Å². The molecule has 25 heavy (non-hydrogen) atoms. The van der Waals surface area contributed by atoms with Crippen molar-refractivity contribution >= 4 is 45.4 Å². The molecule has 2 aromatic carbocycles. The summed E-state index contributed by atoms with van der Waals surface area (Å²) in [5.41, 5.74) is 1.87. The van der Waals surface area contributed by atoms with E-state index in [1.807, 2.05) is 24.3 Å². The molecule has 1 atom stereocenters. The zero-order valence-corrected chi connectivity index (χ0v) is 15.8. The number of carbonyl (C=O) groups is 2. The van der Waals surface area contributed by atoms with Crippen LogP contribution in [0.15, 0.2) is 46.6 Å². The number of hydrogen-bond acceptors (Lipinski definition) is 4. The third-order valence-corrected chi connectivity index (χ3v) is 4.45. The van der Waals surface area contributed by atoms with Crippen molar-refractivity contribution in [2.24, 2.45) is 0 Å². The standard InChI is InChI=1S/C19H14BrClO4/c1-10-15(25-19(23)11(2)21)8-7-14-17(22)16(24-18(10)14)9-12-3-5-13(20)6-4-12/h3-9,11H,1-2H3/b16-9-. The molecule has 0 aromatic heterocycles. The second-order valence-corrected chi connectivity index (χ2v) is 7.16. The van der Waals surface area contributed by atoms with E-state index in [1.54, 1.807) is 25.1 Å². The van der Waals surface area contributed by atoms with Gasteiger partial charge in [0.2, 0.25) is 5.78 Å². The minimum Gasteiger partial charge on any atom is -0.452 e. The lowest BCUT2D eigenvalue weighted by Crippen LogP contribution is -2.18. The lowest BCUT2D eigenvalue weighted by Gasteiger charge is -2.10. The number of fused-ring (bicyclic) bond motifs is 1. The Morgan fingerprint density at radius 1 is 1.24 bits per heavy atom. The van der Waals surface area contributed by atoms with Crippen LogP contribution in [-0.4, -0.2) is 17.1 Å². The average molecular weight is 422 g/mol. The van der Waals surface area contributed by atoms with Crippen LogP contribution in [0.4, 0.5) is 0 Å². The van der Waals surface area contributed by atoms with Gasteiger partial charge in [0.05, 0.1) is 5.56 Å². The summed E-state index contributed by atoms with van der Waals surface area (Å²) in [7, 11) is 0. The number of ether oxygens (including phenoxy) is 2. The quantitative estimate of drug-likeness (QED) is 0.306. The maximum atomic E-state index is 12.5. The van der Waals surface area contributed by atoms with Crippen LogP contribution in [0.5, 0.6) is 11.5 Å². The fourth-order valence-corrected chi connectivity index (χ4v) is 2.69. The largest absolute Gasteiger partial charge is 0.452 e. The molecule has 0 amide bonds. The van der Waals surface area contributed by atoms with Gasteiger partial charge in [0, 0.05) is 10.0 Å².